The zero-order valence-electron chi connectivity index (χ0n) is 18.4. The van der Waals surface area contributed by atoms with Gasteiger partial charge in [0.15, 0.2) is 11.4 Å². The molecule has 2 aromatic heterocycles. The molecule has 3 amide bonds. The van der Waals surface area contributed by atoms with Crippen molar-refractivity contribution in [2.75, 3.05) is 0 Å². The van der Waals surface area contributed by atoms with Crippen LogP contribution in [0.2, 0.25) is 0 Å². The minimum Gasteiger partial charge on any atom is -0.508 e. The van der Waals surface area contributed by atoms with E-state index in [0.717, 1.165) is 22.0 Å². The van der Waals surface area contributed by atoms with Gasteiger partial charge in [0.1, 0.15) is 5.75 Å². The number of fused-ring (bicyclic) bond motifs is 2. The molecule has 1 unspecified atom stereocenters. The Morgan fingerprint density at radius 2 is 1.71 bits per heavy atom. The Balaban J connectivity index is 1.43. The summed E-state index contributed by atoms with van der Waals surface area (Å²) in [4.78, 5) is 29.8. The van der Waals surface area contributed by atoms with Crippen molar-refractivity contribution >= 4 is 33.6 Å². The van der Waals surface area contributed by atoms with E-state index in [-0.39, 0.29) is 18.2 Å². The largest absolute Gasteiger partial charge is 0.508 e. The van der Waals surface area contributed by atoms with Crippen LogP contribution in [0.3, 0.4) is 0 Å². The molecule has 6 rings (SSSR count). The molecule has 8 heteroatoms. The summed E-state index contributed by atoms with van der Waals surface area (Å²) in [5.74, 6) is -0.601. The highest BCUT2D eigenvalue weighted by Gasteiger charge is 2.48. The summed E-state index contributed by atoms with van der Waals surface area (Å²) < 4.78 is 1.50. The molecule has 1 atom stereocenters. The van der Waals surface area contributed by atoms with Gasteiger partial charge in [-0.2, -0.15) is 0 Å². The van der Waals surface area contributed by atoms with Crippen molar-refractivity contribution in [1.29, 1.82) is 0 Å². The number of hydrogen-bond donors (Lipinski definition) is 4. The van der Waals surface area contributed by atoms with Crippen LogP contribution < -0.4 is 10.6 Å². The predicted octanol–water partition coefficient (Wildman–Crippen LogP) is 4.00. The molecule has 0 spiro atoms. The Morgan fingerprint density at radius 1 is 0.914 bits per heavy atom. The maximum atomic E-state index is 13.1. The van der Waals surface area contributed by atoms with Crippen molar-refractivity contribution < 1.29 is 19.8 Å². The van der Waals surface area contributed by atoms with Gasteiger partial charge >= 0.3 is 6.03 Å². The SMILES string of the molecule is O=C1NC(=O)C(Cn2cc3ccc(O)cc3c2O)(c2ccc(-c3cccc4cccnc34)cc2)N1. The van der Waals surface area contributed by atoms with Gasteiger partial charge in [0.05, 0.1) is 12.1 Å². The van der Waals surface area contributed by atoms with E-state index >= 15 is 0 Å². The van der Waals surface area contributed by atoms with E-state index in [2.05, 4.69) is 15.6 Å². The average molecular weight is 464 g/mol. The van der Waals surface area contributed by atoms with Crippen LogP contribution in [0, 0.1) is 0 Å². The number of hydrogen-bond acceptors (Lipinski definition) is 5. The van der Waals surface area contributed by atoms with E-state index in [1.807, 2.05) is 42.5 Å². The molecule has 35 heavy (non-hydrogen) atoms. The zero-order valence-corrected chi connectivity index (χ0v) is 18.4. The molecule has 172 valence electrons. The van der Waals surface area contributed by atoms with Crippen LogP contribution in [0.1, 0.15) is 5.56 Å². The van der Waals surface area contributed by atoms with Crippen molar-refractivity contribution in [1.82, 2.24) is 20.2 Å². The molecule has 8 nitrogen and oxygen atoms in total. The van der Waals surface area contributed by atoms with E-state index in [0.29, 0.717) is 16.3 Å². The van der Waals surface area contributed by atoms with E-state index in [4.69, 9.17) is 0 Å². The fourth-order valence-corrected chi connectivity index (χ4v) is 4.78. The van der Waals surface area contributed by atoms with E-state index in [1.165, 1.54) is 16.7 Å². The molecular formula is C27H20N4O4. The summed E-state index contributed by atoms with van der Waals surface area (Å²) in [5, 5.41) is 27.8. The summed E-state index contributed by atoms with van der Waals surface area (Å²) in [6.07, 6.45) is 3.43. The van der Waals surface area contributed by atoms with Gasteiger partial charge in [0.25, 0.3) is 5.91 Å². The lowest BCUT2D eigenvalue weighted by atomic mass is 9.88. The molecule has 1 aliphatic heterocycles. The van der Waals surface area contributed by atoms with Crippen molar-refractivity contribution in [2.45, 2.75) is 12.1 Å². The van der Waals surface area contributed by atoms with Crippen molar-refractivity contribution in [3.05, 3.63) is 90.8 Å². The molecule has 0 saturated carbocycles. The molecule has 0 bridgehead atoms. The molecule has 1 saturated heterocycles. The number of rotatable bonds is 4. The van der Waals surface area contributed by atoms with Gasteiger partial charge < -0.3 is 20.1 Å². The minimum absolute atomic E-state index is 0.0192. The van der Waals surface area contributed by atoms with Crippen LogP contribution in [-0.4, -0.2) is 31.7 Å². The number of aromatic nitrogens is 2. The van der Waals surface area contributed by atoms with Crippen LogP contribution in [0.25, 0.3) is 32.8 Å². The quantitative estimate of drug-likeness (QED) is 0.300. The number of para-hydroxylation sites is 1. The molecule has 0 radical (unpaired) electrons. The first-order chi connectivity index (χ1) is 16.9. The number of nitrogens with zero attached hydrogens (tertiary/aromatic N) is 2. The van der Waals surface area contributed by atoms with E-state index in [9.17, 15) is 19.8 Å². The zero-order chi connectivity index (χ0) is 24.2. The minimum atomic E-state index is -1.43. The lowest BCUT2D eigenvalue weighted by Gasteiger charge is -2.27. The third-order valence-corrected chi connectivity index (χ3v) is 6.52. The van der Waals surface area contributed by atoms with Crippen LogP contribution in [0.4, 0.5) is 4.79 Å². The second kappa shape index (κ2) is 7.59. The van der Waals surface area contributed by atoms with Gasteiger partial charge in [-0.05, 0) is 35.4 Å². The van der Waals surface area contributed by atoms with Gasteiger partial charge in [0.2, 0.25) is 0 Å². The number of phenols is 1. The number of nitrogens with one attached hydrogen (secondary N) is 2. The highest BCUT2D eigenvalue weighted by molar-refractivity contribution is 6.07. The highest BCUT2D eigenvalue weighted by Crippen LogP contribution is 2.36. The number of aromatic hydroxyl groups is 2. The Hall–Kier alpha value is -4.85. The number of imide groups is 1. The number of carbonyl (C=O) groups is 2. The lowest BCUT2D eigenvalue weighted by Crippen LogP contribution is -2.47. The summed E-state index contributed by atoms with van der Waals surface area (Å²) in [7, 11) is 0. The van der Waals surface area contributed by atoms with Crippen LogP contribution in [-0.2, 0) is 16.9 Å². The van der Waals surface area contributed by atoms with Crippen LogP contribution >= 0.6 is 0 Å². The molecule has 4 N–H and O–H groups in total. The molecule has 1 aliphatic rings. The fourth-order valence-electron chi connectivity index (χ4n) is 4.78. The van der Waals surface area contributed by atoms with Gasteiger partial charge in [-0.1, -0.05) is 48.5 Å². The predicted molar refractivity (Wildman–Crippen MR) is 131 cm³/mol. The number of carbonyl (C=O) groups excluding carboxylic acids is 2. The Kier molecular flexibility index (Phi) is 4.50. The lowest BCUT2D eigenvalue weighted by molar-refractivity contribution is -0.124. The average Bonchev–Trinajstić information content (AvgIpc) is 3.33. The van der Waals surface area contributed by atoms with E-state index < -0.39 is 17.5 Å². The van der Waals surface area contributed by atoms with Crippen molar-refractivity contribution in [3.8, 4) is 22.8 Å². The monoisotopic (exact) mass is 464 g/mol. The van der Waals surface area contributed by atoms with Crippen LogP contribution in [0.5, 0.6) is 11.6 Å². The maximum Gasteiger partial charge on any atom is 0.322 e. The van der Waals surface area contributed by atoms with Crippen LogP contribution in [0.15, 0.2) is 85.2 Å². The number of urea groups is 1. The first kappa shape index (κ1) is 20.7. The smallest absolute Gasteiger partial charge is 0.322 e. The van der Waals surface area contributed by atoms with E-state index in [1.54, 1.807) is 30.6 Å². The molecule has 0 aliphatic carbocycles. The molecule has 5 aromatic rings. The third-order valence-electron chi connectivity index (χ3n) is 6.52. The number of benzene rings is 3. The van der Waals surface area contributed by atoms with Gasteiger partial charge in [-0.3, -0.25) is 15.1 Å². The van der Waals surface area contributed by atoms with Gasteiger partial charge in [-0.25, -0.2) is 4.79 Å². The first-order valence-corrected chi connectivity index (χ1v) is 11.0. The summed E-state index contributed by atoms with van der Waals surface area (Å²) >= 11 is 0. The van der Waals surface area contributed by atoms with Gasteiger partial charge in [-0.15, -0.1) is 0 Å². The fraction of sp³-hybridized carbons (Fsp3) is 0.0741. The Morgan fingerprint density at radius 3 is 2.49 bits per heavy atom. The highest BCUT2D eigenvalue weighted by atomic mass is 16.3. The first-order valence-electron chi connectivity index (χ1n) is 11.0. The topological polar surface area (TPSA) is 116 Å². The molecule has 3 heterocycles. The molecular weight excluding hydrogens is 444 g/mol. The number of pyridine rings is 1. The molecule has 3 aromatic carbocycles. The summed E-state index contributed by atoms with van der Waals surface area (Å²) in [5.41, 5.74) is 1.89. The molecule has 1 fully saturated rings. The second-order valence-electron chi connectivity index (χ2n) is 8.62. The maximum absolute atomic E-state index is 13.1. The number of phenolic OH excluding ortho intramolecular Hbond substituents is 1. The van der Waals surface area contributed by atoms with Crippen molar-refractivity contribution in [2.24, 2.45) is 0 Å². The normalized spacial score (nSPS) is 17.6. The second-order valence-corrected chi connectivity index (χ2v) is 8.62. The van der Waals surface area contributed by atoms with Crippen molar-refractivity contribution in [3.63, 3.8) is 0 Å². The Labute approximate surface area is 199 Å². The summed E-state index contributed by atoms with van der Waals surface area (Å²) in [6, 6.07) is 21.3. The van der Waals surface area contributed by atoms with Gasteiger partial charge in [0, 0.05) is 34.1 Å². The number of amides is 3. The summed E-state index contributed by atoms with van der Waals surface area (Å²) in [6.45, 7) is -0.0407. The standard InChI is InChI=1S/C27H20N4O4/c32-20-11-8-18-14-31(24(33)22(18)13-20)15-27(25(34)29-26(35)30-27)19-9-6-16(7-10-19)21-5-1-3-17-4-2-12-28-23(17)21/h1-14,32-33H,15H2,(H2,29,30,34,35). The Bertz CT molecular complexity index is 1640. The third kappa shape index (κ3) is 3.26.